The van der Waals surface area contributed by atoms with Gasteiger partial charge in [0.15, 0.2) is 0 Å². The van der Waals surface area contributed by atoms with Crippen LogP contribution in [0.3, 0.4) is 0 Å². The molecule has 0 unspecified atom stereocenters. The second-order valence-corrected chi connectivity index (χ2v) is 6.04. The summed E-state index contributed by atoms with van der Waals surface area (Å²) in [4.78, 5) is 18.0. The van der Waals surface area contributed by atoms with E-state index in [1.54, 1.807) is 24.7 Å². The van der Waals surface area contributed by atoms with E-state index in [9.17, 15) is 4.79 Å². The molecule has 110 valence electrons. The van der Waals surface area contributed by atoms with Crippen molar-refractivity contribution < 1.29 is 4.79 Å². The number of likely N-dealkylation sites (tertiary alicyclic amines) is 1. The van der Waals surface area contributed by atoms with Crippen molar-refractivity contribution in [1.82, 2.24) is 14.5 Å². The molecule has 4 nitrogen and oxygen atoms in total. The molecule has 0 aliphatic carbocycles. The molecule has 0 saturated carbocycles. The van der Waals surface area contributed by atoms with Crippen LogP contribution in [0.25, 0.3) is 0 Å². The normalized spacial score (nSPS) is 15.0. The SMILES string of the molecule is O=C(CCc1ccc(Cl)cc1Cl)N1CC(n2ccnc2)C1. The first-order valence-electron chi connectivity index (χ1n) is 6.82. The lowest BCUT2D eigenvalue weighted by atomic mass is 10.1. The van der Waals surface area contributed by atoms with Crippen LogP contribution < -0.4 is 0 Å². The molecular weight excluding hydrogens is 309 g/mol. The van der Waals surface area contributed by atoms with Crippen LogP contribution in [0.5, 0.6) is 0 Å². The number of hydrogen-bond donors (Lipinski definition) is 0. The van der Waals surface area contributed by atoms with Crippen LogP contribution in [0, 0.1) is 0 Å². The fourth-order valence-corrected chi connectivity index (χ4v) is 2.96. The van der Waals surface area contributed by atoms with Crippen molar-refractivity contribution in [3.8, 4) is 0 Å². The van der Waals surface area contributed by atoms with Gasteiger partial charge in [0.2, 0.25) is 5.91 Å². The van der Waals surface area contributed by atoms with E-state index in [4.69, 9.17) is 23.2 Å². The monoisotopic (exact) mass is 323 g/mol. The largest absolute Gasteiger partial charge is 0.338 e. The first-order chi connectivity index (χ1) is 10.1. The average Bonchev–Trinajstić information content (AvgIpc) is 2.89. The second kappa shape index (κ2) is 6.08. The Hall–Kier alpha value is -1.52. The highest BCUT2D eigenvalue weighted by atomic mass is 35.5. The Morgan fingerprint density at radius 2 is 2.14 bits per heavy atom. The van der Waals surface area contributed by atoms with E-state index in [0.717, 1.165) is 18.7 Å². The number of carbonyl (C=O) groups excluding carboxylic acids is 1. The lowest BCUT2D eigenvalue weighted by molar-refractivity contribution is -0.136. The van der Waals surface area contributed by atoms with Crippen LogP contribution in [-0.4, -0.2) is 33.4 Å². The molecule has 2 heterocycles. The van der Waals surface area contributed by atoms with Crippen LogP contribution in [0.1, 0.15) is 18.0 Å². The Balaban J connectivity index is 1.49. The van der Waals surface area contributed by atoms with Crippen molar-refractivity contribution in [2.45, 2.75) is 18.9 Å². The van der Waals surface area contributed by atoms with Gasteiger partial charge < -0.3 is 9.47 Å². The Bertz CT molecular complexity index is 636. The number of rotatable bonds is 4. The molecule has 1 aromatic carbocycles. The number of amides is 1. The number of imidazole rings is 1. The number of carbonyl (C=O) groups is 1. The van der Waals surface area contributed by atoms with E-state index in [1.165, 1.54) is 0 Å². The van der Waals surface area contributed by atoms with Gasteiger partial charge in [-0.3, -0.25) is 4.79 Å². The molecular formula is C15H15Cl2N3O. The van der Waals surface area contributed by atoms with Crippen molar-refractivity contribution in [3.05, 3.63) is 52.5 Å². The van der Waals surface area contributed by atoms with Gasteiger partial charge in [0.05, 0.1) is 12.4 Å². The van der Waals surface area contributed by atoms with Crippen molar-refractivity contribution in [2.75, 3.05) is 13.1 Å². The van der Waals surface area contributed by atoms with Crippen molar-refractivity contribution >= 4 is 29.1 Å². The van der Waals surface area contributed by atoms with Crippen LogP contribution in [0.15, 0.2) is 36.9 Å². The minimum atomic E-state index is 0.164. The molecule has 0 N–H and O–H groups in total. The van der Waals surface area contributed by atoms with Crippen molar-refractivity contribution in [1.29, 1.82) is 0 Å². The van der Waals surface area contributed by atoms with E-state index in [-0.39, 0.29) is 5.91 Å². The smallest absolute Gasteiger partial charge is 0.223 e. The van der Waals surface area contributed by atoms with Gasteiger partial charge in [0, 0.05) is 41.9 Å². The summed E-state index contributed by atoms with van der Waals surface area (Å²) in [6, 6.07) is 5.74. The molecule has 1 aromatic heterocycles. The predicted molar refractivity (Wildman–Crippen MR) is 82.6 cm³/mol. The molecule has 1 fully saturated rings. The van der Waals surface area contributed by atoms with Gasteiger partial charge in [-0.15, -0.1) is 0 Å². The minimum absolute atomic E-state index is 0.164. The van der Waals surface area contributed by atoms with E-state index in [1.807, 2.05) is 21.7 Å². The zero-order valence-electron chi connectivity index (χ0n) is 11.4. The molecule has 1 saturated heterocycles. The lowest BCUT2D eigenvalue weighted by Crippen LogP contribution is -2.50. The van der Waals surface area contributed by atoms with Crippen LogP contribution in [0.4, 0.5) is 0 Å². The quantitative estimate of drug-likeness (QED) is 0.866. The van der Waals surface area contributed by atoms with Gasteiger partial charge in [-0.1, -0.05) is 29.3 Å². The molecule has 6 heteroatoms. The van der Waals surface area contributed by atoms with Crippen LogP contribution in [-0.2, 0) is 11.2 Å². The van der Waals surface area contributed by atoms with Gasteiger partial charge in [0.25, 0.3) is 0 Å². The molecule has 1 aliphatic heterocycles. The lowest BCUT2D eigenvalue weighted by Gasteiger charge is -2.39. The number of halogens is 2. The topological polar surface area (TPSA) is 38.1 Å². The summed E-state index contributed by atoms with van der Waals surface area (Å²) in [6.07, 6.45) is 6.59. The van der Waals surface area contributed by atoms with Crippen LogP contribution in [0.2, 0.25) is 10.0 Å². The van der Waals surface area contributed by atoms with Gasteiger partial charge in [-0.25, -0.2) is 4.98 Å². The fourth-order valence-electron chi connectivity index (χ4n) is 2.46. The third kappa shape index (κ3) is 3.22. The van der Waals surface area contributed by atoms with Gasteiger partial charge in [-0.2, -0.15) is 0 Å². The molecule has 21 heavy (non-hydrogen) atoms. The highest BCUT2D eigenvalue weighted by molar-refractivity contribution is 6.35. The maximum Gasteiger partial charge on any atom is 0.223 e. The maximum atomic E-state index is 12.1. The summed E-state index contributed by atoms with van der Waals surface area (Å²) in [5.74, 6) is 0.164. The number of nitrogens with zero attached hydrogens (tertiary/aromatic N) is 3. The standard InChI is InChI=1S/C15H15Cl2N3O/c16-12-3-1-11(14(17)7-12)2-4-15(21)20-8-13(9-20)19-6-5-18-10-19/h1,3,5-7,10,13H,2,4,8-9H2. The molecule has 1 amide bonds. The zero-order chi connectivity index (χ0) is 14.8. The Morgan fingerprint density at radius 3 is 2.81 bits per heavy atom. The summed E-state index contributed by atoms with van der Waals surface area (Å²) >= 11 is 12.0. The fraction of sp³-hybridized carbons (Fsp3) is 0.333. The third-order valence-corrected chi connectivity index (χ3v) is 4.37. The van der Waals surface area contributed by atoms with E-state index in [0.29, 0.717) is 28.9 Å². The van der Waals surface area contributed by atoms with Gasteiger partial charge in [0.1, 0.15) is 0 Å². The Labute approximate surface area is 133 Å². The summed E-state index contributed by atoms with van der Waals surface area (Å²) in [5.41, 5.74) is 0.959. The highest BCUT2D eigenvalue weighted by Crippen LogP contribution is 2.24. The molecule has 3 rings (SSSR count). The number of aromatic nitrogens is 2. The molecule has 2 aromatic rings. The van der Waals surface area contributed by atoms with E-state index in [2.05, 4.69) is 4.98 Å². The molecule has 0 spiro atoms. The second-order valence-electron chi connectivity index (χ2n) is 5.20. The highest BCUT2D eigenvalue weighted by Gasteiger charge is 2.31. The Kier molecular flexibility index (Phi) is 4.17. The summed E-state index contributed by atoms with van der Waals surface area (Å²) in [5, 5.41) is 1.23. The number of hydrogen-bond acceptors (Lipinski definition) is 2. The zero-order valence-corrected chi connectivity index (χ0v) is 12.9. The molecule has 0 atom stereocenters. The van der Waals surface area contributed by atoms with E-state index >= 15 is 0 Å². The van der Waals surface area contributed by atoms with Gasteiger partial charge in [-0.05, 0) is 24.1 Å². The van der Waals surface area contributed by atoms with Crippen molar-refractivity contribution in [3.63, 3.8) is 0 Å². The van der Waals surface area contributed by atoms with Crippen LogP contribution >= 0.6 is 23.2 Å². The first kappa shape index (κ1) is 14.4. The maximum absolute atomic E-state index is 12.1. The van der Waals surface area contributed by atoms with E-state index < -0.39 is 0 Å². The molecule has 1 aliphatic rings. The molecule has 0 bridgehead atoms. The summed E-state index contributed by atoms with van der Waals surface area (Å²) < 4.78 is 2.04. The number of benzene rings is 1. The predicted octanol–water partition coefficient (Wildman–Crippen LogP) is 3.21. The summed E-state index contributed by atoms with van der Waals surface area (Å²) in [6.45, 7) is 1.51. The first-order valence-corrected chi connectivity index (χ1v) is 7.58. The number of aryl methyl sites for hydroxylation is 1. The molecule has 0 radical (unpaired) electrons. The minimum Gasteiger partial charge on any atom is -0.338 e. The van der Waals surface area contributed by atoms with Crippen molar-refractivity contribution in [2.24, 2.45) is 0 Å². The average molecular weight is 324 g/mol. The third-order valence-electron chi connectivity index (χ3n) is 3.78. The van der Waals surface area contributed by atoms with Gasteiger partial charge >= 0.3 is 0 Å². The summed E-state index contributed by atoms with van der Waals surface area (Å²) in [7, 11) is 0. The Morgan fingerprint density at radius 1 is 1.33 bits per heavy atom.